The molecule has 1 saturated heterocycles. The molecule has 2 aliphatic rings. The molecule has 1 atom stereocenters. The van der Waals surface area contributed by atoms with Gasteiger partial charge in [0.1, 0.15) is 17.9 Å². The average Bonchev–Trinajstić information content (AvgIpc) is 3.44. The van der Waals surface area contributed by atoms with Crippen molar-refractivity contribution >= 4 is 28.3 Å². The summed E-state index contributed by atoms with van der Waals surface area (Å²) in [5.74, 6) is 1.18. The van der Waals surface area contributed by atoms with Crippen molar-refractivity contribution in [2.24, 2.45) is 0 Å². The van der Waals surface area contributed by atoms with E-state index in [2.05, 4.69) is 44.6 Å². The molecule has 0 bridgehead atoms. The summed E-state index contributed by atoms with van der Waals surface area (Å²) in [4.78, 5) is 24.2. The van der Waals surface area contributed by atoms with Crippen LogP contribution in [0.1, 0.15) is 44.2 Å². The highest BCUT2D eigenvalue weighted by Gasteiger charge is 2.20. The Morgan fingerprint density at radius 3 is 2.73 bits per heavy atom. The molecular weight excluding hydrogens is 466 g/mol. The number of carbonyl (C=O) groups is 1. The SMILES string of the molecule is C[C@@H](Nc1ncnc2cc(OC3CCCC3)c(NC(=O)C=CCN3CCOCC3)cc12)c1ccccc1. The maximum atomic E-state index is 12.9. The van der Waals surface area contributed by atoms with Gasteiger partial charge in [0.15, 0.2) is 0 Å². The van der Waals surface area contributed by atoms with Gasteiger partial charge in [-0.2, -0.15) is 0 Å². The molecule has 5 rings (SSSR count). The predicted molar refractivity (Wildman–Crippen MR) is 146 cm³/mol. The normalized spacial score (nSPS) is 17.8. The molecule has 1 aromatic heterocycles. The van der Waals surface area contributed by atoms with E-state index in [0.29, 0.717) is 17.3 Å². The minimum atomic E-state index is -0.187. The number of amides is 1. The van der Waals surface area contributed by atoms with Crippen molar-refractivity contribution in [3.8, 4) is 5.75 Å². The van der Waals surface area contributed by atoms with Crippen LogP contribution in [-0.2, 0) is 9.53 Å². The van der Waals surface area contributed by atoms with Crippen LogP contribution in [0, 0.1) is 0 Å². The highest BCUT2D eigenvalue weighted by Crippen LogP contribution is 2.36. The van der Waals surface area contributed by atoms with Crippen LogP contribution in [0.25, 0.3) is 10.9 Å². The molecule has 2 aromatic carbocycles. The zero-order chi connectivity index (χ0) is 25.5. The molecule has 37 heavy (non-hydrogen) atoms. The quantitative estimate of drug-likeness (QED) is 0.401. The van der Waals surface area contributed by atoms with E-state index in [9.17, 15) is 4.79 Å². The first-order valence-corrected chi connectivity index (χ1v) is 13.2. The molecule has 8 heteroatoms. The van der Waals surface area contributed by atoms with Crippen molar-refractivity contribution in [1.82, 2.24) is 14.9 Å². The molecule has 0 radical (unpaired) electrons. The van der Waals surface area contributed by atoms with Gasteiger partial charge < -0.3 is 20.1 Å². The Kier molecular flexibility index (Phi) is 8.28. The van der Waals surface area contributed by atoms with Crippen LogP contribution >= 0.6 is 0 Å². The molecule has 3 aromatic rings. The Hall–Kier alpha value is -3.49. The van der Waals surface area contributed by atoms with Crippen LogP contribution in [0.3, 0.4) is 0 Å². The number of morpholine rings is 1. The minimum Gasteiger partial charge on any atom is -0.488 e. The molecule has 1 aliphatic carbocycles. The van der Waals surface area contributed by atoms with Gasteiger partial charge in [-0.3, -0.25) is 9.69 Å². The lowest BCUT2D eigenvalue weighted by molar-refractivity contribution is -0.111. The zero-order valence-corrected chi connectivity index (χ0v) is 21.4. The number of aromatic nitrogens is 2. The maximum Gasteiger partial charge on any atom is 0.248 e. The van der Waals surface area contributed by atoms with Gasteiger partial charge in [0.2, 0.25) is 5.91 Å². The fraction of sp³-hybridized carbons (Fsp3) is 0.414. The van der Waals surface area contributed by atoms with Gasteiger partial charge in [0, 0.05) is 43.2 Å². The summed E-state index contributed by atoms with van der Waals surface area (Å²) < 4.78 is 11.8. The van der Waals surface area contributed by atoms with Gasteiger partial charge in [0.05, 0.1) is 30.5 Å². The van der Waals surface area contributed by atoms with Gasteiger partial charge in [-0.05, 0) is 44.2 Å². The Morgan fingerprint density at radius 2 is 1.95 bits per heavy atom. The monoisotopic (exact) mass is 501 g/mol. The number of hydrogen-bond acceptors (Lipinski definition) is 7. The van der Waals surface area contributed by atoms with Crippen molar-refractivity contribution < 1.29 is 14.3 Å². The second kappa shape index (κ2) is 12.2. The van der Waals surface area contributed by atoms with Gasteiger partial charge >= 0.3 is 0 Å². The third-order valence-electron chi connectivity index (χ3n) is 6.98. The van der Waals surface area contributed by atoms with Gasteiger partial charge in [-0.25, -0.2) is 9.97 Å². The van der Waals surface area contributed by atoms with E-state index in [1.54, 1.807) is 12.4 Å². The number of fused-ring (bicyclic) bond motifs is 1. The summed E-state index contributed by atoms with van der Waals surface area (Å²) in [7, 11) is 0. The number of hydrogen-bond donors (Lipinski definition) is 2. The van der Waals surface area contributed by atoms with Crippen LogP contribution in [0.5, 0.6) is 5.75 Å². The highest BCUT2D eigenvalue weighted by molar-refractivity contribution is 6.03. The number of nitrogens with one attached hydrogen (secondary N) is 2. The largest absolute Gasteiger partial charge is 0.488 e. The van der Waals surface area contributed by atoms with E-state index in [1.165, 1.54) is 0 Å². The molecule has 0 unspecified atom stereocenters. The van der Waals surface area contributed by atoms with Crippen LogP contribution in [0.4, 0.5) is 11.5 Å². The van der Waals surface area contributed by atoms with E-state index in [0.717, 1.165) is 75.0 Å². The summed E-state index contributed by atoms with van der Waals surface area (Å²) >= 11 is 0. The molecule has 2 fully saturated rings. The molecule has 8 nitrogen and oxygen atoms in total. The molecule has 1 aliphatic heterocycles. The van der Waals surface area contributed by atoms with E-state index in [1.807, 2.05) is 36.4 Å². The highest BCUT2D eigenvalue weighted by atomic mass is 16.5. The Bertz CT molecular complexity index is 1220. The van der Waals surface area contributed by atoms with Crippen LogP contribution in [0.15, 0.2) is 60.9 Å². The van der Waals surface area contributed by atoms with E-state index >= 15 is 0 Å². The summed E-state index contributed by atoms with van der Waals surface area (Å²) in [6, 6.07) is 14.1. The molecule has 1 saturated carbocycles. The lowest BCUT2D eigenvalue weighted by Gasteiger charge is -2.25. The first-order chi connectivity index (χ1) is 18.2. The van der Waals surface area contributed by atoms with Crippen LogP contribution in [-0.4, -0.2) is 59.7 Å². The minimum absolute atomic E-state index is 0.0508. The Balaban J connectivity index is 1.38. The number of benzene rings is 2. The van der Waals surface area contributed by atoms with Crippen molar-refractivity contribution in [2.75, 3.05) is 43.5 Å². The third kappa shape index (κ3) is 6.64. The lowest BCUT2D eigenvalue weighted by Crippen LogP contribution is -2.36. The number of ether oxygens (including phenoxy) is 2. The maximum absolute atomic E-state index is 12.9. The van der Waals surface area contributed by atoms with Crippen LogP contribution in [0.2, 0.25) is 0 Å². The van der Waals surface area contributed by atoms with Crippen molar-refractivity contribution in [3.63, 3.8) is 0 Å². The summed E-state index contributed by atoms with van der Waals surface area (Å²) in [6.07, 6.45) is 9.59. The standard InChI is InChI=1S/C29H35N5O3/c1-21(22-8-3-2-4-9-22)32-29-24-18-26(33-28(35)12-7-13-34-14-16-36-17-15-34)27(19-25(24)30-20-31-29)37-23-10-5-6-11-23/h2-4,7-9,12,18-21,23H,5-6,10-11,13-17H2,1H3,(H,33,35)(H,30,31,32)/t21-/m1/s1. The first kappa shape index (κ1) is 25.2. The smallest absolute Gasteiger partial charge is 0.248 e. The van der Waals surface area contributed by atoms with Gasteiger partial charge in [-0.1, -0.05) is 36.4 Å². The van der Waals surface area contributed by atoms with E-state index < -0.39 is 0 Å². The molecule has 2 N–H and O–H groups in total. The lowest BCUT2D eigenvalue weighted by atomic mass is 10.1. The van der Waals surface area contributed by atoms with Crippen LogP contribution < -0.4 is 15.4 Å². The van der Waals surface area contributed by atoms with E-state index in [4.69, 9.17) is 9.47 Å². The summed E-state index contributed by atoms with van der Waals surface area (Å²) in [5.41, 5.74) is 2.56. The Labute approximate surface area is 218 Å². The number of nitrogens with zero attached hydrogens (tertiary/aromatic N) is 3. The van der Waals surface area contributed by atoms with Crippen molar-refractivity contribution in [2.45, 2.75) is 44.8 Å². The second-order valence-corrected chi connectivity index (χ2v) is 9.69. The fourth-order valence-corrected chi connectivity index (χ4v) is 4.88. The van der Waals surface area contributed by atoms with Gasteiger partial charge in [-0.15, -0.1) is 0 Å². The number of carbonyl (C=O) groups excluding carboxylic acids is 1. The number of anilines is 2. The summed E-state index contributed by atoms with van der Waals surface area (Å²) in [6.45, 7) is 6.06. The molecule has 1 amide bonds. The Morgan fingerprint density at radius 1 is 1.16 bits per heavy atom. The van der Waals surface area contributed by atoms with Crippen molar-refractivity contribution in [3.05, 3.63) is 66.5 Å². The molecule has 2 heterocycles. The fourth-order valence-electron chi connectivity index (χ4n) is 4.88. The molecular formula is C29H35N5O3. The van der Waals surface area contributed by atoms with E-state index in [-0.39, 0.29) is 18.1 Å². The van der Waals surface area contributed by atoms with Crippen molar-refractivity contribution in [1.29, 1.82) is 0 Å². The van der Waals surface area contributed by atoms with Gasteiger partial charge in [0.25, 0.3) is 0 Å². The zero-order valence-electron chi connectivity index (χ0n) is 21.4. The predicted octanol–water partition coefficient (Wildman–Crippen LogP) is 4.95. The third-order valence-corrected chi connectivity index (χ3v) is 6.98. The average molecular weight is 502 g/mol. The molecule has 194 valence electrons. The second-order valence-electron chi connectivity index (χ2n) is 9.69. The first-order valence-electron chi connectivity index (χ1n) is 13.2. The number of rotatable bonds is 9. The topological polar surface area (TPSA) is 88.6 Å². The molecule has 0 spiro atoms. The summed E-state index contributed by atoms with van der Waals surface area (Å²) in [5, 5.41) is 7.39.